The largest absolute Gasteiger partial charge is 0.492 e. The molecule has 0 N–H and O–H groups in total. The van der Waals surface area contributed by atoms with Crippen molar-refractivity contribution in [1.82, 2.24) is 5.16 Å². The molecule has 0 unspecified atom stereocenters. The molecule has 0 spiro atoms. The lowest BCUT2D eigenvalue weighted by molar-refractivity contribution is 0.303. The normalized spacial score (nSPS) is 10.3. The van der Waals surface area contributed by atoms with Crippen LogP contribution < -0.4 is 4.74 Å². The molecule has 0 atom stereocenters. The van der Waals surface area contributed by atoms with Crippen molar-refractivity contribution in [2.45, 2.75) is 32.6 Å². The fraction of sp³-hybridized carbons (Fsp3) is 0.375. The molecule has 0 radical (unpaired) electrons. The van der Waals surface area contributed by atoms with Crippen molar-refractivity contribution in [3.63, 3.8) is 0 Å². The third-order valence-corrected chi connectivity index (χ3v) is 3.36. The molecule has 5 heteroatoms. The number of nitrogens with zero attached hydrogens (tertiary/aromatic N) is 2. The Morgan fingerprint density at radius 3 is 2.81 bits per heavy atom. The number of hydrogen-bond acceptors (Lipinski definition) is 4. The SMILES string of the molecule is Cc1cc(CCCCCOc2ccc(C#N)cc2Cl)on1. The van der Waals surface area contributed by atoms with Crippen LogP contribution in [0, 0.1) is 18.3 Å². The van der Waals surface area contributed by atoms with Gasteiger partial charge >= 0.3 is 0 Å². The van der Waals surface area contributed by atoms with Crippen molar-refractivity contribution in [3.8, 4) is 11.8 Å². The average Bonchev–Trinajstić information content (AvgIpc) is 2.89. The monoisotopic (exact) mass is 304 g/mol. The first-order chi connectivity index (χ1) is 10.2. The lowest BCUT2D eigenvalue weighted by Crippen LogP contribution is -1.98. The number of halogens is 1. The van der Waals surface area contributed by atoms with Crippen LogP contribution in [0.3, 0.4) is 0 Å². The quantitative estimate of drug-likeness (QED) is 0.716. The van der Waals surface area contributed by atoms with E-state index in [1.54, 1.807) is 18.2 Å². The fourth-order valence-electron chi connectivity index (χ4n) is 1.98. The fourth-order valence-corrected chi connectivity index (χ4v) is 2.22. The Bertz CT molecular complexity index is 631. The first-order valence-corrected chi connectivity index (χ1v) is 7.31. The van der Waals surface area contributed by atoms with Gasteiger partial charge in [-0.1, -0.05) is 16.8 Å². The van der Waals surface area contributed by atoms with Crippen LogP contribution in [0.4, 0.5) is 0 Å². The maximum Gasteiger partial charge on any atom is 0.137 e. The van der Waals surface area contributed by atoms with Gasteiger partial charge in [-0.25, -0.2) is 0 Å². The highest BCUT2D eigenvalue weighted by Gasteiger charge is 2.03. The van der Waals surface area contributed by atoms with Crippen molar-refractivity contribution in [3.05, 3.63) is 46.3 Å². The molecule has 0 fully saturated rings. The Morgan fingerprint density at radius 1 is 1.29 bits per heavy atom. The van der Waals surface area contributed by atoms with Gasteiger partial charge in [0, 0.05) is 12.5 Å². The van der Waals surface area contributed by atoms with Gasteiger partial charge < -0.3 is 9.26 Å². The second kappa shape index (κ2) is 7.70. The topological polar surface area (TPSA) is 59.0 Å². The van der Waals surface area contributed by atoms with E-state index >= 15 is 0 Å². The Balaban J connectivity index is 1.65. The van der Waals surface area contributed by atoms with Gasteiger partial charge in [-0.15, -0.1) is 0 Å². The lowest BCUT2D eigenvalue weighted by Gasteiger charge is -2.07. The third-order valence-electron chi connectivity index (χ3n) is 3.06. The lowest BCUT2D eigenvalue weighted by atomic mass is 10.1. The van der Waals surface area contributed by atoms with E-state index in [-0.39, 0.29) is 0 Å². The molecule has 0 aliphatic carbocycles. The molecule has 21 heavy (non-hydrogen) atoms. The number of hydrogen-bond donors (Lipinski definition) is 0. The van der Waals surface area contributed by atoms with E-state index < -0.39 is 0 Å². The van der Waals surface area contributed by atoms with E-state index in [1.807, 2.05) is 19.1 Å². The molecular weight excluding hydrogens is 288 g/mol. The molecule has 2 rings (SSSR count). The van der Waals surface area contributed by atoms with E-state index in [9.17, 15) is 0 Å². The zero-order valence-corrected chi connectivity index (χ0v) is 12.7. The Hall–Kier alpha value is -1.99. The second-order valence-electron chi connectivity index (χ2n) is 4.85. The first kappa shape index (κ1) is 15.4. The highest BCUT2D eigenvalue weighted by molar-refractivity contribution is 6.32. The van der Waals surface area contributed by atoms with E-state index in [4.69, 9.17) is 26.1 Å². The van der Waals surface area contributed by atoms with Gasteiger partial charge in [0.25, 0.3) is 0 Å². The van der Waals surface area contributed by atoms with Crippen LogP contribution in [0.5, 0.6) is 5.75 Å². The maximum absolute atomic E-state index is 8.76. The summed E-state index contributed by atoms with van der Waals surface area (Å²) in [6.07, 6.45) is 3.94. The zero-order valence-electron chi connectivity index (χ0n) is 11.9. The van der Waals surface area contributed by atoms with Gasteiger partial charge in [-0.3, -0.25) is 0 Å². The van der Waals surface area contributed by atoms with Crippen LogP contribution in [0.1, 0.15) is 36.3 Å². The van der Waals surface area contributed by atoms with Gasteiger partial charge in [0.1, 0.15) is 11.5 Å². The summed E-state index contributed by atoms with van der Waals surface area (Å²) in [6, 6.07) is 9.06. The molecule has 0 aliphatic rings. The number of nitriles is 1. The maximum atomic E-state index is 8.76. The molecule has 4 nitrogen and oxygen atoms in total. The third kappa shape index (κ3) is 4.80. The molecule has 0 bridgehead atoms. The molecule has 2 aromatic rings. The summed E-state index contributed by atoms with van der Waals surface area (Å²) < 4.78 is 10.8. The molecule has 1 heterocycles. The summed E-state index contributed by atoms with van der Waals surface area (Å²) in [5.41, 5.74) is 1.46. The summed E-state index contributed by atoms with van der Waals surface area (Å²) in [5, 5.41) is 13.1. The Kier molecular flexibility index (Phi) is 5.65. The number of aromatic nitrogens is 1. The zero-order chi connectivity index (χ0) is 15.1. The van der Waals surface area contributed by atoms with Gasteiger partial charge in [0.15, 0.2) is 0 Å². The standard InChI is InChI=1S/C16H17ClN2O2/c1-12-9-14(21-19-12)5-3-2-4-8-20-16-7-6-13(11-18)10-15(16)17/h6-7,9-10H,2-5,8H2,1H3. The smallest absolute Gasteiger partial charge is 0.137 e. The van der Waals surface area contributed by atoms with E-state index in [1.165, 1.54) is 0 Å². The second-order valence-corrected chi connectivity index (χ2v) is 5.26. The number of aryl methyl sites for hydroxylation is 2. The summed E-state index contributed by atoms with van der Waals surface area (Å²) in [4.78, 5) is 0. The van der Waals surface area contributed by atoms with Gasteiger partial charge in [-0.05, 0) is 44.4 Å². The Labute approximate surface area is 129 Å². The van der Waals surface area contributed by atoms with Crippen molar-refractivity contribution >= 4 is 11.6 Å². The van der Waals surface area contributed by atoms with Crippen LogP contribution in [-0.2, 0) is 6.42 Å². The summed E-state index contributed by atoms with van der Waals surface area (Å²) >= 11 is 6.04. The summed E-state index contributed by atoms with van der Waals surface area (Å²) in [6.45, 7) is 2.53. The molecular formula is C16H17ClN2O2. The molecule has 110 valence electrons. The highest BCUT2D eigenvalue weighted by Crippen LogP contribution is 2.25. The average molecular weight is 305 g/mol. The van der Waals surface area contributed by atoms with E-state index in [0.29, 0.717) is 22.9 Å². The van der Waals surface area contributed by atoms with Crippen LogP contribution in [0.25, 0.3) is 0 Å². The number of benzene rings is 1. The number of unbranched alkanes of at least 4 members (excludes halogenated alkanes) is 2. The predicted octanol–water partition coefficient (Wildman–Crippen LogP) is 4.30. The number of ether oxygens (including phenoxy) is 1. The molecule has 0 amide bonds. The first-order valence-electron chi connectivity index (χ1n) is 6.93. The van der Waals surface area contributed by atoms with Crippen molar-refractivity contribution in [2.75, 3.05) is 6.61 Å². The molecule has 0 aliphatic heterocycles. The van der Waals surface area contributed by atoms with Crippen molar-refractivity contribution < 1.29 is 9.26 Å². The van der Waals surface area contributed by atoms with Gasteiger partial charge in [0.05, 0.1) is 29.0 Å². The van der Waals surface area contributed by atoms with Crippen molar-refractivity contribution in [1.29, 1.82) is 5.26 Å². The molecule has 1 aromatic carbocycles. The van der Waals surface area contributed by atoms with Gasteiger partial charge in [-0.2, -0.15) is 5.26 Å². The van der Waals surface area contributed by atoms with Crippen LogP contribution >= 0.6 is 11.6 Å². The Morgan fingerprint density at radius 2 is 2.14 bits per heavy atom. The molecule has 0 saturated heterocycles. The highest BCUT2D eigenvalue weighted by atomic mass is 35.5. The van der Waals surface area contributed by atoms with Gasteiger partial charge in [0.2, 0.25) is 0 Å². The summed E-state index contributed by atoms with van der Waals surface area (Å²) in [5.74, 6) is 1.56. The van der Waals surface area contributed by atoms with E-state index in [0.717, 1.165) is 37.1 Å². The van der Waals surface area contributed by atoms with Crippen LogP contribution in [0.15, 0.2) is 28.8 Å². The minimum atomic E-state index is 0.478. The minimum Gasteiger partial charge on any atom is -0.492 e. The predicted molar refractivity (Wildman–Crippen MR) is 80.5 cm³/mol. The van der Waals surface area contributed by atoms with E-state index in [2.05, 4.69) is 5.16 Å². The molecule has 1 aromatic heterocycles. The van der Waals surface area contributed by atoms with Crippen LogP contribution in [0.2, 0.25) is 5.02 Å². The minimum absolute atomic E-state index is 0.478. The van der Waals surface area contributed by atoms with Crippen molar-refractivity contribution in [2.24, 2.45) is 0 Å². The molecule has 0 saturated carbocycles. The van der Waals surface area contributed by atoms with Crippen LogP contribution in [-0.4, -0.2) is 11.8 Å². The number of rotatable bonds is 7. The summed E-state index contributed by atoms with van der Waals surface area (Å²) in [7, 11) is 0.